The second-order valence-corrected chi connectivity index (χ2v) is 6.65. The van der Waals surface area contributed by atoms with E-state index < -0.39 is 10.0 Å². The van der Waals surface area contributed by atoms with Crippen LogP contribution in [0.1, 0.15) is 11.1 Å². The van der Waals surface area contributed by atoms with E-state index >= 15 is 0 Å². The molecule has 0 radical (unpaired) electrons. The maximum atomic E-state index is 12.5. The number of halogens is 1. The third-order valence-electron chi connectivity index (χ3n) is 2.93. The number of anilines is 1. The second kappa shape index (κ2) is 6.43. The van der Waals surface area contributed by atoms with Crippen LogP contribution in [0.3, 0.4) is 0 Å². The molecule has 1 aromatic heterocycles. The summed E-state index contributed by atoms with van der Waals surface area (Å²) in [6.07, 6.45) is 3.13. The lowest BCUT2D eigenvalue weighted by atomic mass is 10.2. The number of nitrogens with zero attached hydrogens (tertiary/aromatic N) is 1. The Morgan fingerprint density at radius 2 is 2.05 bits per heavy atom. The molecule has 0 bridgehead atoms. The van der Waals surface area contributed by atoms with E-state index in [0.29, 0.717) is 12.2 Å². The van der Waals surface area contributed by atoms with Crippen LogP contribution in [0.5, 0.6) is 0 Å². The molecule has 0 atom stereocenters. The topological polar surface area (TPSA) is 71.1 Å². The van der Waals surface area contributed by atoms with Gasteiger partial charge in [0.05, 0.1) is 10.7 Å². The van der Waals surface area contributed by atoms with Crippen LogP contribution in [0.4, 0.5) is 5.69 Å². The van der Waals surface area contributed by atoms with E-state index in [1.165, 1.54) is 6.20 Å². The van der Waals surface area contributed by atoms with Gasteiger partial charge in [-0.15, -0.1) is 0 Å². The van der Waals surface area contributed by atoms with Crippen LogP contribution in [0.2, 0.25) is 5.02 Å². The van der Waals surface area contributed by atoms with Gasteiger partial charge in [0.2, 0.25) is 0 Å². The zero-order chi connectivity index (χ0) is 15.5. The normalized spacial score (nSPS) is 11.4. The van der Waals surface area contributed by atoms with Crippen molar-refractivity contribution in [3.63, 3.8) is 0 Å². The summed E-state index contributed by atoms with van der Waals surface area (Å²) >= 11 is 6.03. The predicted molar refractivity (Wildman–Crippen MR) is 84.0 cm³/mol. The molecular formula is C14H16ClN3O2S. The maximum absolute atomic E-state index is 12.5. The van der Waals surface area contributed by atoms with Crippen molar-refractivity contribution in [2.45, 2.75) is 18.4 Å². The molecule has 0 fully saturated rings. The molecule has 0 spiro atoms. The standard InChI is InChI=1S/C14H16ClN3O2S/c1-10-8-17-6-5-13(10)18-21(19,20)14-7-11(9-16-2)3-4-12(14)15/h3-8,16H,9H2,1-2H3,(H,17,18). The van der Waals surface area contributed by atoms with E-state index in [4.69, 9.17) is 11.6 Å². The number of pyridine rings is 1. The highest BCUT2D eigenvalue weighted by Gasteiger charge is 2.19. The Balaban J connectivity index is 2.40. The minimum Gasteiger partial charge on any atom is -0.316 e. The van der Waals surface area contributed by atoms with E-state index in [-0.39, 0.29) is 9.92 Å². The van der Waals surface area contributed by atoms with Crippen molar-refractivity contribution in [1.82, 2.24) is 10.3 Å². The highest BCUT2D eigenvalue weighted by Crippen LogP contribution is 2.25. The number of rotatable bonds is 5. The molecule has 2 rings (SSSR count). The molecule has 21 heavy (non-hydrogen) atoms. The maximum Gasteiger partial charge on any atom is 0.263 e. The van der Waals surface area contributed by atoms with Gasteiger partial charge in [0.15, 0.2) is 0 Å². The number of aromatic nitrogens is 1. The minimum absolute atomic E-state index is 0.0631. The molecule has 2 N–H and O–H groups in total. The number of hydrogen-bond donors (Lipinski definition) is 2. The van der Waals surface area contributed by atoms with Crippen molar-refractivity contribution in [3.05, 3.63) is 52.8 Å². The first-order chi connectivity index (χ1) is 9.94. The first-order valence-corrected chi connectivity index (χ1v) is 8.16. The molecular weight excluding hydrogens is 310 g/mol. The fraction of sp³-hybridized carbons (Fsp3) is 0.214. The van der Waals surface area contributed by atoms with Gasteiger partial charge in [-0.25, -0.2) is 8.42 Å². The quantitative estimate of drug-likeness (QED) is 0.886. The second-order valence-electron chi connectivity index (χ2n) is 4.59. The SMILES string of the molecule is CNCc1ccc(Cl)c(S(=O)(=O)Nc2ccncc2C)c1. The summed E-state index contributed by atoms with van der Waals surface area (Å²) in [5.74, 6) is 0. The average Bonchev–Trinajstić information content (AvgIpc) is 2.43. The number of nitrogens with one attached hydrogen (secondary N) is 2. The van der Waals surface area contributed by atoms with Crippen molar-refractivity contribution in [2.24, 2.45) is 0 Å². The smallest absolute Gasteiger partial charge is 0.263 e. The van der Waals surface area contributed by atoms with Crippen molar-refractivity contribution >= 4 is 27.3 Å². The summed E-state index contributed by atoms with van der Waals surface area (Å²) in [6.45, 7) is 2.35. The lowest BCUT2D eigenvalue weighted by Gasteiger charge is -2.12. The zero-order valence-corrected chi connectivity index (χ0v) is 13.3. The van der Waals surface area contributed by atoms with Crippen LogP contribution in [-0.4, -0.2) is 20.4 Å². The van der Waals surface area contributed by atoms with Crippen LogP contribution in [-0.2, 0) is 16.6 Å². The molecule has 0 unspecified atom stereocenters. The lowest BCUT2D eigenvalue weighted by molar-refractivity contribution is 0.601. The number of benzene rings is 1. The first-order valence-electron chi connectivity index (χ1n) is 6.30. The minimum atomic E-state index is -3.74. The van der Waals surface area contributed by atoms with Gasteiger partial charge in [0.25, 0.3) is 10.0 Å². The first kappa shape index (κ1) is 15.8. The molecule has 0 aliphatic rings. The van der Waals surface area contributed by atoms with Gasteiger partial charge in [0, 0.05) is 18.9 Å². The van der Waals surface area contributed by atoms with Crippen molar-refractivity contribution < 1.29 is 8.42 Å². The summed E-state index contributed by atoms with van der Waals surface area (Å²) in [6, 6.07) is 6.55. The lowest BCUT2D eigenvalue weighted by Crippen LogP contribution is -2.15. The molecule has 0 saturated heterocycles. The zero-order valence-electron chi connectivity index (χ0n) is 11.7. The van der Waals surface area contributed by atoms with Crippen LogP contribution in [0, 0.1) is 6.92 Å². The summed E-state index contributed by atoms with van der Waals surface area (Å²) < 4.78 is 27.5. The average molecular weight is 326 g/mol. The fourth-order valence-electron chi connectivity index (χ4n) is 1.86. The number of hydrogen-bond acceptors (Lipinski definition) is 4. The van der Waals surface area contributed by atoms with Crippen molar-refractivity contribution in [1.29, 1.82) is 0 Å². The summed E-state index contributed by atoms with van der Waals surface area (Å²) in [4.78, 5) is 4.00. The van der Waals surface area contributed by atoms with Crippen molar-refractivity contribution in [2.75, 3.05) is 11.8 Å². The molecule has 1 heterocycles. The van der Waals surface area contributed by atoms with Crippen LogP contribution >= 0.6 is 11.6 Å². The molecule has 0 aliphatic carbocycles. The van der Waals surface area contributed by atoms with E-state index in [1.807, 2.05) is 0 Å². The van der Waals surface area contributed by atoms with E-state index in [1.54, 1.807) is 44.4 Å². The molecule has 1 aromatic carbocycles. The van der Waals surface area contributed by atoms with Gasteiger partial charge in [-0.05, 0) is 43.3 Å². The highest BCUT2D eigenvalue weighted by atomic mass is 35.5. The van der Waals surface area contributed by atoms with Crippen LogP contribution in [0.15, 0.2) is 41.6 Å². The fourth-order valence-corrected chi connectivity index (χ4v) is 3.54. The Kier molecular flexibility index (Phi) is 4.82. The monoisotopic (exact) mass is 325 g/mol. The number of aryl methyl sites for hydroxylation is 1. The van der Waals surface area contributed by atoms with Gasteiger partial charge in [-0.1, -0.05) is 17.7 Å². The number of sulfonamides is 1. The largest absolute Gasteiger partial charge is 0.316 e. The molecule has 0 aliphatic heterocycles. The molecule has 2 aromatic rings. The van der Waals surface area contributed by atoms with Gasteiger partial charge in [0.1, 0.15) is 4.90 Å². The van der Waals surface area contributed by atoms with Crippen molar-refractivity contribution in [3.8, 4) is 0 Å². The molecule has 112 valence electrons. The van der Waals surface area contributed by atoms with Crippen LogP contribution < -0.4 is 10.0 Å². The van der Waals surface area contributed by atoms with E-state index in [9.17, 15) is 8.42 Å². The van der Waals surface area contributed by atoms with E-state index in [0.717, 1.165) is 11.1 Å². The Labute approximate surface area is 129 Å². The van der Waals surface area contributed by atoms with E-state index in [2.05, 4.69) is 15.0 Å². The predicted octanol–water partition coefficient (Wildman–Crippen LogP) is 2.56. The molecule has 0 amide bonds. The molecule has 5 nitrogen and oxygen atoms in total. The Hall–Kier alpha value is -1.63. The third-order valence-corrected chi connectivity index (χ3v) is 4.78. The highest BCUT2D eigenvalue weighted by molar-refractivity contribution is 7.92. The summed E-state index contributed by atoms with van der Waals surface area (Å²) in [5.41, 5.74) is 2.07. The van der Waals surface area contributed by atoms with Gasteiger partial charge in [-0.2, -0.15) is 0 Å². The Morgan fingerprint density at radius 1 is 1.29 bits per heavy atom. The third kappa shape index (κ3) is 3.72. The summed E-state index contributed by atoms with van der Waals surface area (Å²) in [7, 11) is -1.95. The molecule has 7 heteroatoms. The summed E-state index contributed by atoms with van der Waals surface area (Å²) in [5, 5.41) is 3.16. The Morgan fingerprint density at radius 3 is 2.71 bits per heavy atom. The van der Waals surface area contributed by atoms with Gasteiger partial charge < -0.3 is 5.32 Å². The molecule has 0 saturated carbocycles. The van der Waals surface area contributed by atoms with Crippen LogP contribution in [0.25, 0.3) is 0 Å². The van der Waals surface area contributed by atoms with Gasteiger partial charge >= 0.3 is 0 Å². The Bertz CT molecular complexity index is 748. The van der Waals surface area contributed by atoms with Gasteiger partial charge in [-0.3, -0.25) is 9.71 Å².